The van der Waals surface area contributed by atoms with Gasteiger partial charge in [-0.25, -0.2) is 4.68 Å². The fourth-order valence-electron chi connectivity index (χ4n) is 2.86. The lowest BCUT2D eigenvalue weighted by molar-refractivity contribution is 0.194. The molecule has 0 bridgehead atoms. The smallest absolute Gasteiger partial charge is 0.0876 e. The van der Waals surface area contributed by atoms with Gasteiger partial charge in [-0.2, -0.15) is 5.10 Å². The zero-order valence-corrected chi connectivity index (χ0v) is 12.0. The van der Waals surface area contributed by atoms with Gasteiger partial charge in [0.2, 0.25) is 0 Å². The zero-order chi connectivity index (χ0) is 13.8. The molecule has 4 nitrogen and oxygen atoms in total. The first-order valence-corrected chi connectivity index (χ1v) is 7.38. The van der Waals surface area contributed by atoms with Crippen LogP contribution in [0.1, 0.15) is 19.3 Å². The van der Waals surface area contributed by atoms with E-state index in [-0.39, 0.29) is 0 Å². The van der Waals surface area contributed by atoms with Crippen LogP contribution in [-0.4, -0.2) is 40.9 Å². The first kappa shape index (κ1) is 13.2. The number of nitrogens with one attached hydrogen (secondary N) is 1. The molecule has 106 valence electrons. The Morgan fingerprint density at radius 2 is 2.15 bits per heavy atom. The van der Waals surface area contributed by atoms with Crippen molar-refractivity contribution >= 4 is 5.69 Å². The molecule has 0 spiro atoms. The third-order valence-corrected chi connectivity index (χ3v) is 4.10. The number of piperidine rings is 1. The van der Waals surface area contributed by atoms with E-state index in [1.54, 1.807) is 0 Å². The Labute approximate surface area is 120 Å². The van der Waals surface area contributed by atoms with E-state index in [9.17, 15) is 0 Å². The molecule has 4 heteroatoms. The number of aromatic nitrogens is 2. The number of para-hydroxylation sites is 2. The second-order valence-corrected chi connectivity index (χ2v) is 5.48. The molecule has 0 saturated carbocycles. The minimum atomic E-state index is 0.634. The van der Waals surface area contributed by atoms with Crippen molar-refractivity contribution in [3.63, 3.8) is 0 Å². The summed E-state index contributed by atoms with van der Waals surface area (Å²) < 4.78 is 1.91. The molecule has 2 heterocycles. The monoisotopic (exact) mass is 270 g/mol. The Hall–Kier alpha value is -1.81. The maximum atomic E-state index is 4.32. The lowest BCUT2D eigenvalue weighted by Crippen LogP contribution is -2.40. The second-order valence-electron chi connectivity index (χ2n) is 5.48. The van der Waals surface area contributed by atoms with Crippen molar-refractivity contribution in [3.05, 3.63) is 42.7 Å². The number of hydrogen-bond donors (Lipinski definition) is 1. The standard InChI is InChI=1S/C16H22N4/c1-19-11-5-4-7-14(19)13-17-15-8-2-3-9-16(15)20-12-6-10-18-20/h2-3,6,8-10,12,14,17H,4-5,7,11,13H2,1H3. The Kier molecular flexibility index (Phi) is 4.02. The second kappa shape index (κ2) is 6.09. The zero-order valence-electron chi connectivity index (χ0n) is 12.0. The number of benzene rings is 1. The number of likely N-dealkylation sites (tertiary alicyclic amines) is 1. The van der Waals surface area contributed by atoms with Gasteiger partial charge in [-0.05, 0) is 44.6 Å². The van der Waals surface area contributed by atoms with Gasteiger partial charge in [-0.3, -0.25) is 0 Å². The van der Waals surface area contributed by atoms with Crippen molar-refractivity contribution in [1.29, 1.82) is 0 Å². The molecule has 1 fully saturated rings. The Morgan fingerprint density at radius 3 is 2.95 bits per heavy atom. The van der Waals surface area contributed by atoms with Crippen LogP contribution in [0.15, 0.2) is 42.7 Å². The summed E-state index contributed by atoms with van der Waals surface area (Å²) in [5.41, 5.74) is 2.26. The van der Waals surface area contributed by atoms with Gasteiger partial charge in [-0.1, -0.05) is 18.6 Å². The van der Waals surface area contributed by atoms with Gasteiger partial charge in [0.15, 0.2) is 0 Å². The predicted molar refractivity (Wildman–Crippen MR) is 82.3 cm³/mol. The van der Waals surface area contributed by atoms with Gasteiger partial charge in [0, 0.05) is 25.0 Å². The lowest BCUT2D eigenvalue weighted by atomic mass is 10.0. The molecule has 0 aliphatic carbocycles. The number of nitrogens with zero attached hydrogens (tertiary/aromatic N) is 3. The average molecular weight is 270 g/mol. The van der Waals surface area contributed by atoms with Crippen molar-refractivity contribution in [2.45, 2.75) is 25.3 Å². The first-order valence-electron chi connectivity index (χ1n) is 7.38. The third-order valence-electron chi connectivity index (χ3n) is 4.10. The SMILES string of the molecule is CN1CCCCC1CNc1ccccc1-n1cccn1. The van der Waals surface area contributed by atoms with E-state index in [2.05, 4.69) is 46.6 Å². The minimum absolute atomic E-state index is 0.634. The molecule has 1 atom stereocenters. The summed E-state index contributed by atoms with van der Waals surface area (Å²) in [4.78, 5) is 2.47. The molecular formula is C16H22N4. The molecule has 1 N–H and O–H groups in total. The summed E-state index contributed by atoms with van der Waals surface area (Å²) in [7, 11) is 2.23. The molecule has 1 aromatic carbocycles. The van der Waals surface area contributed by atoms with E-state index >= 15 is 0 Å². The summed E-state index contributed by atoms with van der Waals surface area (Å²) in [6, 6.07) is 10.9. The van der Waals surface area contributed by atoms with E-state index in [4.69, 9.17) is 0 Å². The van der Waals surface area contributed by atoms with Gasteiger partial charge in [0.25, 0.3) is 0 Å². The van der Waals surface area contributed by atoms with E-state index in [0.29, 0.717) is 6.04 Å². The van der Waals surface area contributed by atoms with Gasteiger partial charge in [0.1, 0.15) is 0 Å². The van der Waals surface area contributed by atoms with Crippen molar-refractivity contribution < 1.29 is 0 Å². The summed E-state index contributed by atoms with van der Waals surface area (Å²) in [6.07, 6.45) is 7.75. The topological polar surface area (TPSA) is 33.1 Å². The summed E-state index contributed by atoms with van der Waals surface area (Å²) in [5, 5.41) is 7.92. The minimum Gasteiger partial charge on any atom is -0.382 e. The number of anilines is 1. The Morgan fingerprint density at radius 1 is 1.25 bits per heavy atom. The predicted octanol–water partition coefficient (Wildman–Crippen LogP) is 2.77. The van der Waals surface area contributed by atoms with Crippen molar-refractivity contribution in [3.8, 4) is 5.69 Å². The quantitative estimate of drug-likeness (QED) is 0.927. The highest BCUT2D eigenvalue weighted by Crippen LogP contribution is 2.21. The van der Waals surface area contributed by atoms with Crippen LogP contribution in [0.5, 0.6) is 0 Å². The molecule has 20 heavy (non-hydrogen) atoms. The normalized spacial score (nSPS) is 19.9. The molecule has 1 aromatic heterocycles. The van der Waals surface area contributed by atoms with Gasteiger partial charge in [0.05, 0.1) is 11.4 Å². The third kappa shape index (κ3) is 2.85. The number of rotatable bonds is 4. The molecule has 3 rings (SSSR count). The molecule has 1 unspecified atom stereocenters. The van der Waals surface area contributed by atoms with Gasteiger partial charge < -0.3 is 10.2 Å². The average Bonchev–Trinajstić information content (AvgIpc) is 3.01. The van der Waals surface area contributed by atoms with Gasteiger partial charge >= 0.3 is 0 Å². The fraction of sp³-hybridized carbons (Fsp3) is 0.438. The van der Waals surface area contributed by atoms with Crippen LogP contribution in [0.2, 0.25) is 0 Å². The Bertz CT molecular complexity index is 535. The van der Waals surface area contributed by atoms with E-state index < -0.39 is 0 Å². The summed E-state index contributed by atoms with van der Waals surface area (Å²) >= 11 is 0. The molecular weight excluding hydrogens is 248 g/mol. The molecule has 0 radical (unpaired) electrons. The van der Waals surface area contributed by atoms with E-state index in [1.165, 1.54) is 25.8 Å². The van der Waals surface area contributed by atoms with Crippen LogP contribution in [0.25, 0.3) is 5.69 Å². The first-order chi connectivity index (χ1) is 9.84. The highest BCUT2D eigenvalue weighted by molar-refractivity contribution is 5.60. The molecule has 1 saturated heterocycles. The van der Waals surface area contributed by atoms with Crippen molar-refractivity contribution in [1.82, 2.24) is 14.7 Å². The van der Waals surface area contributed by atoms with Crippen LogP contribution in [0.4, 0.5) is 5.69 Å². The maximum absolute atomic E-state index is 4.32. The van der Waals surface area contributed by atoms with Crippen LogP contribution in [-0.2, 0) is 0 Å². The molecule has 0 amide bonds. The van der Waals surface area contributed by atoms with Crippen LogP contribution < -0.4 is 5.32 Å². The van der Waals surface area contributed by atoms with Crippen LogP contribution in [0, 0.1) is 0 Å². The van der Waals surface area contributed by atoms with Crippen molar-refractivity contribution in [2.24, 2.45) is 0 Å². The van der Waals surface area contributed by atoms with Crippen LogP contribution in [0.3, 0.4) is 0 Å². The molecule has 1 aliphatic rings. The van der Waals surface area contributed by atoms with Crippen molar-refractivity contribution in [2.75, 3.05) is 25.5 Å². The lowest BCUT2D eigenvalue weighted by Gasteiger charge is -2.33. The largest absolute Gasteiger partial charge is 0.382 e. The maximum Gasteiger partial charge on any atom is 0.0876 e. The van der Waals surface area contributed by atoms with E-state index in [0.717, 1.165) is 17.9 Å². The van der Waals surface area contributed by atoms with E-state index in [1.807, 2.05) is 23.1 Å². The highest BCUT2D eigenvalue weighted by Gasteiger charge is 2.18. The highest BCUT2D eigenvalue weighted by atomic mass is 15.3. The molecule has 1 aliphatic heterocycles. The fourth-order valence-corrected chi connectivity index (χ4v) is 2.86. The van der Waals surface area contributed by atoms with Crippen LogP contribution >= 0.6 is 0 Å². The number of hydrogen-bond acceptors (Lipinski definition) is 3. The summed E-state index contributed by atoms with van der Waals surface area (Å²) in [5.74, 6) is 0. The number of likely N-dealkylation sites (N-methyl/N-ethyl adjacent to an activating group) is 1. The molecule has 2 aromatic rings. The summed E-state index contributed by atoms with van der Waals surface area (Å²) in [6.45, 7) is 2.21. The Balaban J connectivity index is 1.71. The van der Waals surface area contributed by atoms with Gasteiger partial charge in [-0.15, -0.1) is 0 Å².